The van der Waals surface area contributed by atoms with Crippen LogP contribution in [0.2, 0.25) is 0 Å². The lowest BCUT2D eigenvalue weighted by Crippen LogP contribution is -2.48. The zero-order valence-electron chi connectivity index (χ0n) is 15.1. The Balaban J connectivity index is 1.86. The number of amides is 2. The number of rotatable bonds is 7. The Morgan fingerprint density at radius 1 is 1.29 bits per heavy atom. The summed E-state index contributed by atoms with van der Waals surface area (Å²) < 4.78 is 10.9. The van der Waals surface area contributed by atoms with Gasteiger partial charge in [0.05, 0.1) is 13.7 Å². The molecule has 1 unspecified atom stereocenters. The SMILES string of the molecule is CCOc1ccc(CCNC(=O)N2CCCCC2CC)cc1OC. The Morgan fingerprint density at radius 3 is 2.83 bits per heavy atom. The van der Waals surface area contributed by atoms with Crippen molar-refractivity contribution < 1.29 is 14.3 Å². The molecule has 0 saturated carbocycles. The largest absolute Gasteiger partial charge is 0.493 e. The number of nitrogens with one attached hydrogen (secondary N) is 1. The van der Waals surface area contributed by atoms with Gasteiger partial charge < -0.3 is 19.7 Å². The van der Waals surface area contributed by atoms with Crippen molar-refractivity contribution in [3.8, 4) is 11.5 Å². The van der Waals surface area contributed by atoms with Gasteiger partial charge in [-0.1, -0.05) is 13.0 Å². The molecule has 24 heavy (non-hydrogen) atoms. The summed E-state index contributed by atoms with van der Waals surface area (Å²) in [6.45, 7) is 6.22. The van der Waals surface area contributed by atoms with Crippen LogP contribution in [0.5, 0.6) is 11.5 Å². The first kappa shape index (κ1) is 18.4. The van der Waals surface area contributed by atoms with Crippen molar-refractivity contribution in [2.24, 2.45) is 0 Å². The topological polar surface area (TPSA) is 50.8 Å². The van der Waals surface area contributed by atoms with E-state index in [9.17, 15) is 4.79 Å². The van der Waals surface area contributed by atoms with Gasteiger partial charge in [0.25, 0.3) is 0 Å². The number of urea groups is 1. The number of carbonyl (C=O) groups is 1. The molecule has 1 fully saturated rings. The third-order valence-corrected chi connectivity index (χ3v) is 4.58. The second-order valence-corrected chi connectivity index (χ2v) is 6.15. The Morgan fingerprint density at radius 2 is 2.12 bits per heavy atom. The summed E-state index contributed by atoms with van der Waals surface area (Å²) in [6, 6.07) is 6.39. The number of hydrogen-bond acceptors (Lipinski definition) is 3. The van der Waals surface area contributed by atoms with Crippen LogP contribution in [0.3, 0.4) is 0 Å². The van der Waals surface area contributed by atoms with Crippen molar-refractivity contribution in [3.63, 3.8) is 0 Å². The van der Waals surface area contributed by atoms with Gasteiger partial charge in [0.15, 0.2) is 11.5 Å². The molecular formula is C19H30N2O3. The predicted molar refractivity (Wildman–Crippen MR) is 95.9 cm³/mol. The molecule has 1 aromatic carbocycles. The summed E-state index contributed by atoms with van der Waals surface area (Å²) in [5.74, 6) is 1.50. The highest BCUT2D eigenvalue weighted by atomic mass is 16.5. The molecule has 1 aliphatic rings. The van der Waals surface area contributed by atoms with Gasteiger partial charge in [-0.05, 0) is 56.7 Å². The second-order valence-electron chi connectivity index (χ2n) is 6.15. The maximum Gasteiger partial charge on any atom is 0.317 e. The lowest BCUT2D eigenvalue weighted by atomic mass is 10.0. The van der Waals surface area contributed by atoms with Crippen molar-refractivity contribution in [1.82, 2.24) is 10.2 Å². The smallest absolute Gasteiger partial charge is 0.317 e. The van der Waals surface area contributed by atoms with E-state index in [1.54, 1.807) is 7.11 Å². The quantitative estimate of drug-likeness (QED) is 0.829. The third-order valence-electron chi connectivity index (χ3n) is 4.58. The van der Waals surface area contributed by atoms with Gasteiger partial charge in [-0.25, -0.2) is 4.79 Å². The maximum absolute atomic E-state index is 12.4. The molecule has 5 nitrogen and oxygen atoms in total. The number of ether oxygens (including phenoxy) is 2. The molecule has 0 spiro atoms. The van der Waals surface area contributed by atoms with Gasteiger partial charge in [0.2, 0.25) is 0 Å². The fraction of sp³-hybridized carbons (Fsp3) is 0.632. The zero-order valence-corrected chi connectivity index (χ0v) is 15.1. The monoisotopic (exact) mass is 334 g/mol. The van der Waals surface area contributed by atoms with E-state index in [-0.39, 0.29) is 6.03 Å². The fourth-order valence-corrected chi connectivity index (χ4v) is 3.25. The molecule has 2 rings (SSSR count). The maximum atomic E-state index is 12.4. The molecule has 5 heteroatoms. The molecule has 1 N–H and O–H groups in total. The molecule has 1 aromatic rings. The Hall–Kier alpha value is -1.91. The molecule has 2 amide bonds. The normalized spacial score (nSPS) is 17.5. The van der Waals surface area contributed by atoms with Crippen LogP contribution >= 0.6 is 0 Å². The Bertz CT molecular complexity index is 533. The number of hydrogen-bond donors (Lipinski definition) is 1. The highest BCUT2D eigenvalue weighted by Gasteiger charge is 2.24. The summed E-state index contributed by atoms with van der Waals surface area (Å²) in [7, 11) is 1.64. The first-order valence-corrected chi connectivity index (χ1v) is 9.03. The van der Waals surface area contributed by atoms with Crippen LogP contribution in [0.4, 0.5) is 4.79 Å². The predicted octanol–water partition coefficient (Wildman–Crippen LogP) is 3.61. The van der Waals surface area contributed by atoms with Crippen LogP contribution in [0.15, 0.2) is 18.2 Å². The first-order chi connectivity index (χ1) is 11.7. The van der Waals surface area contributed by atoms with Crippen LogP contribution in [0, 0.1) is 0 Å². The molecule has 1 heterocycles. The minimum atomic E-state index is 0.0689. The van der Waals surface area contributed by atoms with E-state index in [0.717, 1.165) is 49.3 Å². The summed E-state index contributed by atoms with van der Waals surface area (Å²) in [4.78, 5) is 14.4. The first-order valence-electron chi connectivity index (χ1n) is 9.03. The highest BCUT2D eigenvalue weighted by Crippen LogP contribution is 2.28. The van der Waals surface area contributed by atoms with Crippen LogP contribution in [-0.4, -0.2) is 43.8 Å². The van der Waals surface area contributed by atoms with Crippen molar-refractivity contribution in [2.45, 2.75) is 52.0 Å². The number of carbonyl (C=O) groups excluding carboxylic acids is 1. The van der Waals surface area contributed by atoms with E-state index >= 15 is 0 Å². The lowest BCUT2D eigenvalue weighted by molar-refractivity contribution is 0.149. The molecule has 1 atom stereocenters. The summed E-state index contributed by atoms with van der Waals surface area (Å²) in [6.07, 6.45) is 5.27. The van der Waals surface area contributed by atoms with Gasteiger partial charge in [0, 0.05) is 19.1 Å². The molecule has 0 radical (unpaired) electrons. The van der Waals surface area contributed by atoms with E-state index in [2.05, 4.69) is 12.2 Å². The summed E-state index contributed by atoms with van der Waals surface area (Å²) in [5.41, 5.74) is 1.13. The zero-order chi connectivity index (χ0) is 17.4. The lowest BCUT2D eigenvalue weighted by Gasteiger charge is -2.35. The van der Waals surface area contributed by atoms with Crippen molar-refractivity contribution in [1.29, 1.82) is 0 Å². The minimum Gasteiger partial charge on any atom is -0.493 e. The molecule has 0 aliphatic carbocycles. The number of nitrogens with zero attached hydrogens (tertiary/aromatic N) is 1. The van der Waals surface area contributed by atoms with E-state index in [4.69, 9.17) is 9.47 Å². The number of methoxy groups -OCH3 is 1. The second kappa shape index (κ2) is 9.40. The molecule has 0 bridgehead atoms. The molecule has 1 saturated heterocycles. The van der Waals surface area contributed by atoms with Gasteiger partial charge in [-0.2, -0.15) is 0 Å². The van der Waals surface area contributed by atoms with E-state index in [0.29, 0.717) is 19.2 Å². The van der Waals surface area contributed by atoms with Gasteiger partial charge in [-0.3, -0.25) is 0 Å². The molecule has 0 aromatic heterocycles. The standard InChI is InChI=1S/C19H30N2O3/c1-4-16-8-6-7-13-21(16)19(22)20-12-11-15-9-10-17(24-5-2)18(14-15)23-3/h9-10,14,16H,4-8,11-13H2,1-3H3,(H,20,22). The van der Waals surface area contributed by atoms with Crippen molar-refractivity contribution in [3.05, 3.63) is 23.8 Å². The highest BCUT2D eigenvalue weighted by molar-refractivity contribution is 5.74. The fourth-order valence-electron chi connectivity index (χ4n) is 3.25. The summed E-state index contributed by atoms with van der Waals surface area (Å²) in [5, 5.41) is 3.06. The van der Waals surface area contributed by atoms with Crippen LogP contribution in [0.25, 0.3) is 0 Å². The Labute approximate surface area is 145 Å². The molecular weight excluding hydrogens is 304 g/mol. The Kier molecular flexibility index (Phi) is 7.22. The number of likely N-dealkylation sites (tertiary alicyclic amines) is 1. The number of piperidine rings is 1. The minimum absolute atomic E-state index is 0.0689. The van der Waals surface area contributed by atoms with Crippen LogP contribution in [-0.2, 0) is 6.42 Å². The average molecular weight is 334 g/mol. The molecule has 1 aliphatic heterocycles. The molecule has 134 valence electrons. The third kappa shape index (κ3) is 4.79. The van der Waals surface area contributed by atoms with E-state index < -0.39 is 0 Å². The van der Waals surface area contributed by atoms with Gasteiger partial charge in [-0.15, -0.1) is 0 Å². The van der Waals surface area contributed by atoms with Crippen molar-refractivity contribution >= 4 is 6.03 Å². The van der Waals surface area contributed by atoms with Crippen molar-refractivity contribution in [2.75, 3.05) is 26.8 Å². The van der Waals surface area contributed by atoms with Gasteiger partial charge in [0.1, 0.15) is 0 Å². The summed E-state index contributed by atoms with van der Waals surface area (Å²) >= 11 is 0. The number of benzene rings is 1. The van der Waals surface area contributed by atoms with E-state index in [1.807, 2.05) is 30.0 Å². The average Bonchev–Trinajstić information content (AvgIpc) is 2.62. The van der Waals surface area contributed by atoms with E-state index in [1.165, 1.54) is 6.42 Å². The van der Waals surface area contributed by atoms with Gasteiger partial charge >= 0.3 is 6.03 Å². The van der Waals surface area contributed by atoms with Crippen LogP contribution in [0.1, 0.15) is 45.1 Å². The van der Waals surface area contributed by atoms with Crippen LogP contribution < -0.4 is 14.8 Å².